The Morgan fingerprint density at radius 2 is 2.00 bits per heavy atom. The molecule has 0 unspecified atom stereocenters. The molecule has 0 fully saturated rings. The Labute approximate surface area is 71.7 Å². The Morgan fingerprint density at radius 1 is 1.25 bits per heavy atom. The summed E-state index contributed by atoms with van der Waals surface area (Å²) in [6.07, 6.45) is 2.29. The third kappa shape index (κ3) is 1.07. The molecule has 0 saturated carbocycles. The van der Waals surface area contributed by atoms with Gasteiger partial charge in [0.2, 0.25) is 0 Å². The van der Waals surface area contributed by atoms with Gasteiger partial charge < -0.3 is 0 Å². The lowest BCUT2D eigenvalue weighted by atomic mass is 9.91. The van der Waals surface area contributed by atoms with Crippen molar-refractivity contribution in [2.45, 2.75) is 13.3 Å². The first-order valence-corrected chi connectivity index (χ1v) is 4.07. The van der Waals surface area contributed by atoms with E-state index in [0.717, 1.165) is 11.1 Å². The van der Waals surface area contributed by atoms with Gasteiger partial charge in [0.25, 0.3) is 0 Å². The monoisotopic (exact) mass is 158 g/mol. The molecule has 0 atom stereocenters. The maximum atomic E-state index is 11.2. The van der Waals surface area contributed by atoms with Crippen molar-refractivity contribution in [1.29, 1.82) is 0 Å². The van der Waals surface area contributed by atoms with Crippen LogP contribution in [-0.4, -0.2) is 5.78 Å². The van der Waals surface area contributed by atoms with E-state index in [1.807, 2.05) is 25.1 Å². The van der Waals surface area contributed by atoms with Crippen LogP contribution in [0.15, 0.2) is 30.3 Å². The van der Waals surface area contributed by atoms with Gasteiger partial charge in [0.05, 0.1) is 0 Å². The van der Waals surface area contributed by atoms with Crippen LogP contribution >= 0.6 is 0 Å². The molecule has 0 radical (unpaired) electrons. The van der Waals surface area contributed by atoms with Crippen molar-refractivity contribution in [1.82, 2.24) is 0 Å². The summed E-state index contributed by atoms with van der Waals surface area (Å²) in [5.74, 6) is 0.214. The third-order valence-electron chi connectivity index (χ3n) is 2.18. The smallest absolute Gasteiger partial charge is 0.160 e. The molecule has 0 aromatic heterocycles. The topological polar surface area (TPSA) is 17.1 Å². The van der Waals surface area contributed by atoms with Gasteiger partial charge in [-0.15, -0.1) is 0 Å². The molecule has 1 heteroatoms. The van der Waals surface area contributed by atoms with Crippen LogP contribution in [0.1, 0.15) is 18.1 Å². The van der Waals surface area contributed by atoms with Gasteiger partial charge >= 0.3 is 0 Å². The summed E-state index contributed by atoms with van der Waals surface area (Å²) in [6.45, 7) is 1.98. The van der Waals surface area contributed by atoms with E-state index in [2.05, 4.69) is 6.07 Å². The highest BCUT2D eigenvalue weighted by Gasteiger charge is 2.12. The largest absolute Gasteiger partial charge is 0.294 e. The minimum atomic E-state index is 0.214. The van der Waals surface area contributed by atoms with E-state index < -0.39 is 0 Å². The number of carbonyl (C=O) groups is 1. The number of hydrogen-bond acceptors (Lipinski definition) is 1. The van der Waals surface area contributed by atoms with E-state index in [0.29, 0.717) is 6.42 Å². The molecule has 12 heavy (non-hydrogen) atoms. The molecule has 0 aliphatic heterocycles. The van der Waals surface area contributed by atoms with Crippen LogP contribution in [0.4, 0.5) is 0 Å². The normalized spacial score (nSPS) is 15.4. The van der Waals surface area contributed by atoms with Gasteiger partial charge in [0.15, 0.2) is 5.78 Å². The van der Waals surface area contributed by atoms with Crippen LogP contribution in [0.25, 0.3) is 5.57 Å². The molecule has 0 bridgehead atoms. The molecular weight excluding hydrogens is 148 g/mol. The van der Waals surface area contributed by atoms with Crippen LogP contribution in [0.2, 0.25) is 0 Å². The van der Waals surface area contributed by atoms with Crippen molar-refractivity contribution in [2.75, 3.05) is 0 Å². The fourth-order valence-electron chi connectivity index (χ4n) is 1.62. The zero-order valence-corrected chi connectivity index (χ0v) is 7.00. The van der Waals surface area contributed by atoms with Crippen molar-refractivity contribution in [3.05, 3.63) is 41.5 Å². The lowest BCUT2D eigenvalue weighted by Gasteiger charge is -2.12. The first-order chi connectivity index (χ1) is 5.77. The highest BCUT2D eigenvalue weighted by atomic mass is 16.1. The molecule has 1 aliphatic rings. The molecule has 1 nitrogen and oxygen atoms in total. The van der Waals surface area contributed by atoms with E-state index in [-0.39, 0.29) is 5.78 Å². The standard InChI is InChI=1S/C11H10O/c1-8-6-10(12)7-9-4-2-3-5-11(8)9/h2-6H,7H2,1H3. The van der Waals surface area contributed by atoms with Crippen molar-refractivity contribution in [3.8, 4) is 0 Å². The number of benzene rings is 1. The van der Waals surface area contributed by atoms with E-state index in [9.17, 15) is 4.79 Å². The van der Waals surface area contributed by atoms with Crippen molar-refractivity contribution >= 4 is 11.4 Å². The maximum Gasteiger partial charge on any atom is 0.160 e. The van der Waals surface area contributed by atoms with E-state index >= 15 is 0 Å². The third-order valence-corrected chi connectivity index (χ3v) is 2.18. The molecule has 2 rings (SSSR count). The highest BCUT2D eigenvalue weighted by molar-refractivity contribution is 6.01. The fourth-order valence-corrected chi connectivity index (χ4v) is 1.62. The molecule has 0 heterocycles. The van der Waals surface area contributed by atoms with Gasteiger partial charge in [-0.05, 0) is 29.7 Å². The quantitative estimate of drug-likeness (QED) is 0.565. The predicted molar refractivity (Wildman–Crippen MR) is 48.8 cm³/mol. The molecular formula is C11H10O. The van der Waals surface area contributed by atoms with Crippen molar-refractivity contribution in [3.63, 3.8) is 0 Å². The van der Waals surface area contributed by atoms with Gasteiger partial charge in [-0.25, -0.2) is 0 Å². The van der Waals surface area contributed by atoms with Crippen molar-refractivity contribution in [2.24, 2.45) is 0 Å². The molecule has 0 spiro atoms. The van der Waals surface area contributed by atoms with Gasteiger partial charge in [0, 0.05) is 6.42 Å². The summed E-state index contributed by atoms with van der Waals surface area (Å²) >= 11 is 0. The Balaban J connectivity index is 2.60. The average molecular weight is 158 g/mol. The summed E-state index contributed by atoms with van der Waals surface area (Å²) in [5, 5.41) is 0. The van der Waals surface area contributed by atoms with E-state index in [1.165, 1.54) is 5.56 Å². The number of carbonyl (C=O) groups excluding carboxylic acids is 1. The van der Waals surface area contributed by atoms with Gasteiger partial charge in [-0.3, -0.25) is 4.79 Å². The minimum Gasteiger partial charge on any atom is -0.294 e. The first-order valence-electron chi connectivity index (χ1n) is 4.07. The second kappa shape index (κ2) is 2.59. The lowest BCUT2D eigenvalue weighted by Crippen LogP contribution is -2.07. The van der Waals surface area contributed by atoms with Crippen molar-refractivity contribution < 1.29 is 4.79 Å². The Morgan fingerprint density at radius 3 is 2.83 bits per heavy atom. The van der Waals surface area contributed by atoms with E-state index in [4.69, 9.17) is 0 Å². The van der Waals surface area contributed by atoms with Gasteiger partial charge in [-0.2, -0.15) is 0 Å². The SMILES string of the molecule is CC1=CC(=O)Cc2ccccc21. The summed E-state index contributed by atoms with van der Waals surface area (Å²) in [4.78, 5) is 11.2. The maximum absolute atomic E-state index is 11.2. The summed E-state index contributed by atoms with van der Waals surface area (Å²) in [7, 11) is 0. The Bertz CT molecular complexity index is 361. The highest BCUT2D eigenvalue weighted by Crippen LogP contribution is 2.23. The van der Waals surface area contributed by atoms with Crippen LogP contribution < -0.4 is 0 Å². The first kappa shape index (κ1) is 7.29. The second-order valence-electron chi connectivity index (χ2n) is 3.13. The summed E-state index contributed by atoms with van der Waals surface area (Å²) in [6, 6.07) is 8.06. The zero-order valence-electron chi connectivity index (χ0n) is 7.00. The molecule has 1 aromatic rings. The average Bonchev–Trinajstić information content (AvgIpc) is 2.04. The van der Waals surface area contributed by atoms with E-state index in [1.54, 1.807) is 6.08 Å². The summed E-state index contributed by atoms with van der Waals surface area (Å²) in [5.41, 5.74) is 3.46. The second-order valence-corrected chi connectivity index (χ2v) is 3.13. The molecule has 60 valence electrons. The van der Waals surface area contributed by atoms with Crippen LogP contribution in [-0.2, 0) is 11.2 Å². The Hall–Kier alpha value is -1.37. The van der Waals surface area contributed by atoms with Gasteiger partial charge in [0.1, 0.15) is 0 Å². The molecule has 1 aliphatic carbocycles. The minimum absolute atomic E-state index is 0.214. The predicted octanol–water partition coefficient (Wildman–Crippen LogP) is 2.22. The molecule has 0 saturated heterocycles. The summed E-state index contributed by atoms with van der Waals surface area (Å²) < 4.78 is 0. The number of fused-ring (bicyclic) bond motifs is 1. The fraction of sp³-hybridized carbons (Fsp3) is 0.182. The number of hydrogen-bond donors (Lipinski definition) is 0. The Kier molecular flexibility index (Phi) is 1.58. The zero-order chi connectivity index (χ0) is 8.55. The molecule has 0 amide bonds. The number of ketones is 1. The van der Waals surface area contributed by atoms with Gasteiger partial charge in [-0.1, -0.05) is 24.3 Å². The molecule has 0 N–H and O–H groups in total. The van der Waals surface area contributed by atoms with Crippen LogP contribution in [0.3, 0.4) is 0 Å². The lowest BCUT2D eigenvalue weighted by molar-refractivity contribution is -0.114. The molecule has 1 aromatic carbocycles. The number of rotatable bonds is 0. The number of allylic oxidation sites excluding steroid dienone is 2. The van der Waals surface area contributed by atoms with Crippen LogP contribution in [0.5, 0.6) is 0 Å². The van der Waals surface area contributed by atoms with Crippen LogP contribution in [0, 0.1) is 0 Å².